The van der Waals surface area contributed by atoms with Crippen molar-refractivity contribution in [3.8, 4) is 34.0 Å². The Morgan fingerprint density at radius 3 is 2.15 bits per heavy atom. The molecule has 6 aromatic carbocycles. The fourth-order valence-corrected chi connectivity index (χ4v) is 7.96. The lowest BCUT2D eigenvalue weighted by atomic mass is 9.82. The molecule has 3 aromatic heterocycles. The molecule has 0 saturated heterocycles. The molecule has 4 heteroatoms. The topological polar surface area (TPSA) is 35.6 Å². The van der Waals surface area contributed by atoms with Gasteiger partial charge in [0.25, 0.3) is 0 Å². The number of nitrogens with zero attached hydrogens (tertiary/aromatic N) is 4. The zero-order chi connectivity index (χ0) is 31.3. The molecular formula is C43H30N4. The Labute approximate surface area is 272 Å². The van der Waals surface area contributed by atoms with Crippen molar-refractivity contribution >= 4 is 43.6 Å². The van der Waals surface area contributed by atoms with Crippen LogP contribution >= 0.6 is 0 Å². The quantitative estimate of drug-likeness (QED) is 0.202. The number of hydrogen-bond acceptors (Lipinski definition) is 2. The monoisotopic (exact) mass is 602 g/mol. The molecular weight excluding hydrogens is 573 g/mol. The van der Waals surface area contributed by atoms with Gasteiger partial charge in [0.1, 0.15) is 0 Å². The van der Waals surface area contributed by atoms with Crippen LogP contribution in [0, 0.1) is 0 Å². The van der Waals surface area contributed by atoms with E-state index in [0.717, 1.165) is 33.4 Å². The summed E-state index contributed by atoms with van der Waals surface area (Å²) in [6.45, 7) is 4.65. The van der Waals surface area contributed by atoms with Gasteiger partial charge < -0.3 is 4.57 Å². The van der Waals surface area contributed by atoms with E-state index in [0.29, 0.717) is 5.95 Å². The second-order valence-electron chi connectivity index (χ2n) is 13.1. The Morgan fingerprint density at radius 2 is 1.26 bits per heavy atom. The highest BCUT2D eigenvalue weighted by molar-refractivity contribution is 6.11. The standard InChI is InChI=1S/C43H30N4/c1-43(2)34-17-9-6-15-30(34)40-32-24-25-46(37(32)23-21-35(40)43)42-44-36-18-10-7-16-31(36)41(45-42)27-20-22-39-33(26-27)29-14-8-11-19-38(29)47(39)28-12-4-3-5-13-28/h3-26H,1-2H3. The maximum Gasteiger partial charge on any atom is 0.235 e. The van der Waals surface area contributed by atoms with E-state index in [-0.39, 0.29) is 5.41 Å². The van der Waals surface area contributed by atoms with Gasteiger partial charge in [0.2, 0.25) is 5.95 Å². The summed E-state index contributed by atoms with van der Waals surface area (Å²) in [7, 11) is 0. The molecule has 0 N–H and O–H groups in total. The lowest BCUT2D eigenvalue weighted by molar-refractivity contribution is 0.661. The lowest BCUT2D eigenvalue weighted by Crippen LogP contribution is -2.14. The minimum Gasteiger partial charge on any atom is -0.309 e. The third-order valence-corrected chi connectivity index (χ3v) is 10.2. The molecule has 0 aliphatic heterocycles. The van der Waals surface area contributed by atoms with E-state index in [2.05, 4.69) is 169 Å². The summed E-state index contributed by atoms with van der Waals surface area (Å²) in [5.41, 5.74) is 12.9. The van der Waals surface area contributed by atoms with Crippen LogP contribution in [0.15, 0.2) is 146 Å². The summed E-state index contributed by atoms with van der Waals surface area (Å²) >= 11 is 0. The molecule has 3 heterocycles. The van der Waals surface area contributed by atoms with E-state index >= 15 is 0 Å². The molecule has 222 valence electrons. The molecule has 47 heavy (non-hydrogen) atoms. The molecule has 1 aliphatic rings. The number of para-hydroxylation sites is 3. The van der Waals surface area contributed by atoms with Crippen molar-refractivity contribution in [3.63, 3.8) is 0 Å². The Hall–Kier alpha value is -6.00. The Kier molecular flexibility index (Phi) is 5.31. The van der Waals surface area contributed by atoms with Crippen LogP contribution in [-0.2, 0) is 5.41 Å². The third-order valence-electron chi connectivity index (χ3n) is 10.2. The van der Waals surface area contributed by atoms with Crippen LogP contribution in [0.5, 0.6) is 0 Å². The van der Waals surface area contributed by atoms with E-state index in [1.54, 1.807) is 0 Å². The normalized spacial score (nSPS) is 13.5. The van der Waals surface area contributed by atoms with E-state index in [9.17, 15) is 0 Å². The van der Waals surface area contributed by atoms with E-state index < -0.39 is 0 Å². The van der Waals surface area contributed by atoms with Gasteiger partial charge in [0.15, 0.2) is 0 Å². The second kappa shape index (κ2) is 9.51. The van der Waals surface area contributed by atoms with Crippen LogP contribution in [0.3, 0.4) is 0 Å². The smallest absolute Gasteiger partial charge is 0.235 e. The van der Waals surface area contributed by atoms with Crippen molar-refractivity contribution in [1.82, 2.24) is 19.1 Å². The SMILES string of the molecule is CC1(C)c2ccccc2-c2c1ccc1c2ccn1-c1nc(-c2ccc3c(c2)c2ccccc2n3-c2ccccc2)c2ccccc2n1. The molecule has 0 atom stereocenters. The van der Waals surface area contributed by atoms with Gasteiger partial charge >= 0.3 is 0 Å². The molecule has 0 saturated carbocycles. The van der Waals surface area contributed by atoms with Crippen LogP contribution in [0.4, 0.5) is 0 Å². The summed E-state index contributed by atoms with van der Waals surface area (Å²) in [5.74, 6) is 0.672. The Bertz CT molecular complexity index is 2710. The molecule has 0 amide bonds. The van der Waals surface area contributed by atoms with Crippen molar-refractivity contribution in [2.24, 2.45) is 0 Å². The molecule has 0 spiro atoms. The molecule has 0 radical (unpaired) electrons. The van der Waals surface area contributed by atoms with Gasteiger partial charge in [-0.1, -0.05) is 105 Å². The van der Waals surface area contributed by atoms with Crippen LogP contribution < -0.4 is 0 Å². The average Bonchev–Trinajstić information content (AvgIpc) is 3.77. The number of rotatable bonds is 3. The van der Waals surface area contributed by atoms with E-state index in [1.165, 1.54) is 49.4 Å². The number of benzene rings is 6. The number of fused-ring (bicyclic) bond motifs is 9. The fourth-order valence-electron chi connectivity index (χ4n) is 7.96. The van der Waals surface area contributed by atoms with Crippen LogP contribution in [-0.4, -0.2) is 19.1 Å². The van der Waals surface area contributed by atoms with Gasteiger partial charge in [-0.3, -0.25) is 4.57 Å². The first-order valence-electron chi connectivity index (χ1n) is 16.2. The summed E-state index contributed by atoms with van der Waals surface area (Å²) in [5, 5.41) is 4.69. The highest BCUT2D eigenvalue weighted by Crippen LogP contribution is 2.51. The first-order valence-corrected chi connectivity index (χ1v) is 16.2. The lowest BCUT2D eigenvalue weighted by Gasteiger charge is -2.21. The molecule has 0 fully saturated rings. The first-order chi connectivity index (χ1) is 23.1. The summed E-state index contributed by atoms with van der Waals surface area (Å²) in [4.78, 5) is 10.5. The maximum atomic E-state index is 5.33. The summed E-state index contributed by atoms with van der Waals surface area (Å²) < 4.78 is 4.50. The molecule has 10 rings (SSSR count). The van der Waals surface area contributed by atoms with Crippen LogP contribution in [0.1, 0.15) is 25.0 Å². The Balaban J connectivity index is 1.20. The highest BCUT2D eigenvalue weighted by atomic mass is 15.1. The van der Waals surface area contributed by atoms with Crippen LogP contribution in [0.2, 0.25) is 0 Å². The predicted molar refractivity (Wildman–Crippen MR) is 194 cm³/mol. The van der Waals surface area contributed by atoms with Gasteiger partial charge in [-0.15, -0.1) is 0 Å². The zero-order valence-corrected chi connectivity index (χ0v) is 26.1. The fraction of sp³-hybridized carbons (Fsp3) is 0.0698. The minimum absolute atomic E-state index is 0.0445. The van der Waals surface area contributed by atoms with Crippen molar-refractivity contribution in [2.45, 2.75) is 19.3 Å². The maximum absolute atomic E-state index is 5.33. The van der Waals surface area contributed by atoms with Crippen molar-refractivity contribution < 1.29 is 0 Å². The van der Waals surface area contributed by atoms with Gasteiger partial charge in [-0.2, -0.15) is 0 Å². The summed E-state index contributed by atoms with van der Waals surface area (Å²) in [6, 6.07) is 49.9. The third kappa shape index (κ3) is 3.64. The van der Waals surface area contributed by atoms with Crippen molar-refractivity contribution in [1.29, 1.82) is 0 Å². The predicted octanol–water partition coefficient (Wildman–Crippen LogP) is 10.6. The summed E-state index contributed by atoms with van der Waals surface area (Å²) in [6.07, 6.45) is 2.13. The van der Waals surface area contributed by atoms with Crippen molar-refractivity contribution in [3.05, 3.63) is 157 Å². The van der Waals surface area contributed by atoms with E-state index in [1.807, 2.05) is 0 Å². The van der Waals surface area contributed by atoms with Gasteiger partial charge in [0.05, 0.1) is 27.8 Å². The van der Waals surface area contributed by atoms with Gasteiger partial charge in [-0.25, -0.2) is 9.97 Å². The first kappa shape index (κ1) is 26.2. The van der Waals surface area contributed by atoms with Gasteiger partial charge in [0, 0.05) is 44.4 Å². The molecule has 9 aromatic rings. The molecule has 4 nitrogen and oxygen atoms in total. The molecule has 0 unspecified atom stereocenters. The molecule has 1 aliphatic carbocycles. The average molecular weight is 603 g/mol. The second-order valence-corrected chi connectivity index (χ2v) is 13.1. The molecule has 0 bridgehead atoms. The highest BCUT2D eigenvalue weighted by Gasteiger charge is 2.36. The van der Waals surface area contributed by atoms with Gasteiger partial charge in [-0.05, 0) is 70.8 Å². The minimum atomic E-state index is -0.0445. The zero-order valence-electron chi connectivity index (χ0n) is 26.1. The number of aromatic nitrogens is 4. The Morgan fingerprint density at radius 1 is 0.532 bits per heavy atom. The van der Waals surface area contributed by atoms with E-state index in [4.69, 9.17) is 9.97 Å². The number of hydrogen-bond donors (Lipinski definition) is 0. The van der Waals surface area contributed by atoms with Crippen molar-refractivity contribution in [2.75, 3.05) is 0 Å². The van der Waals surface area contributed by atoms with Crippen LogP contribution in [0.25, 0.3) is 77.6 Å². The largest absolute Gasteiger partial charge is 0.309 e.